The van der Waals surface area contributed by atoms with Gasteiger partial charge in [0.25, 0.3) is 0 Å². The fourth-order valence-electron chi connectivity index (χ4n) is 2.44. The summed E-state index contributed by atoms with van der Waals surface area (Å²) in [5.74, 6) is 0.964. The van der Waals surface area contributed by atoms with Gasteiger partial charge in [0.1, 0.15) is 5.75 Å². The van der Waals surface area contributed by atoms with Crippen molar-refractivity contribution in [1.29, 1.82) is 0 Å². The van der Waals surface area contributed by atoms with Gasteiger partial charge in [-0.05, 0) is 24.1 Å². The maximum atomic E-state index is 6.27. The van der Waals surface area contributed by atoms with Gasteiger partial charge in [-0.3, -0.25) is 0 Å². The molecule has 1 heterocycles. The van der Waals surface area contributed by atoms with E-state index in [4.69, 9.17) is 4.74 Å². The largest absolute Gasteiger partial charge is 0.478 e. The quantitative estimate of drug-likeness (QED) is 0.751. The Balaban J connectivity index is 2.07. The van der Waals surface area contributed by atoms with Crippen molar-refractivity contribution in [3.8, 4) is 5.75 Å². The zero-order valence-electron chi connectivity index (χ0n) is 10.5. The normalized spacial score (nSPS) is 21.2. The first-order valence-electron chi connectivity index (χ1n) is 6.37. The highest BCUT2D eigenvalue weighted by Crippen LogP contribution is 2.39. The van der Waals surface area contributed by atoms with Gasteiger partial charge in [-0.2, -0.15) is 0 Å². The van der Waals surface area contributed by atoms with Crippen LogP contribution in [0.1, 0.15) is 24.5 Å². The van der Waals surface area contributed by atoms with Gasteiger partial charge in [0.2, 0.25) is 0 Å². The molecule has 1 aliphatic heterocycles. The summed E-state index contributed by atoms with van der Waals surface area (Å²) in [4.78, 5) is 0. The first kappa shape index (κ1) is 11.1. The molecule has 18 heavy (non-hydrogen) atoms. The number of fused-ring (bicyclic) bond motifs is 1. The molecular weight excluding hydrogens is 220 g/mol. The van der Waals surface area contributed by atoms with Crippen LogP contribution in [0.5, 0.6) is 5.75 Å². The van der Waals surface area contributed by atoms with Crippen LogP contribution in [0.4, 0.5) is 0 Å². The molecule has 1 aliphatic rings. The molecule has 0 N–H and O–H groups in total. The lowest BCUT2D eigenvalue weighted by Gasteiger charge is -2.34. The third kappa shape index (κ3) is 1.72. The highest BCUT2D eigenvalue weighted by molar-refractivity contribution is 5.61. The van der Waals surface area contributed by atoms with Crippen molar-refractivity contribution in [2.24, 2.45) is 0 Å². The summed E-state index contributed by atoms with van der Waals surface area (Å²) in [6, 6.07) is 18.6. The Kier molecular flexibility index (Phi) is 2.67. The van der Waals surface area contributed by atoms with E-state index in [1.54, 1.807) is 0 Å². The molecule has 0 radical (unpaired) electrons. The monoisotopic (exact) mass is 236 g/mol. The second-order valence-electron chi connectivity index (χ2n) is 4.58. The molecule has 0 aliphatic carbocycles. The molecule has 3 rings (SSSR count). The summed E-state index contributed by atoms with van der Waals surface area (Å²) < 4.78 is 6.27. The minimum absolute atomic E-state index is 0.324. The zero-order valence-corrected chi connectivity index (χ0v) is 10.5. The Bertz CT molecular complexity index is 571. The topological polar surface area (TPSA) is 9.23 Å². The van der Waals surface area contributed by atoms with E-state index >= 15 is 0 Å². The molecule has 0 saturated heterocycles. The first-order valence-corrected chi connectivity index (χ1v) is 6.37. The highest BCUT2D eigenvalue weighted by atomic mass is 16.5. The van der Waals surface area contributed by atoms with Crippen LogP contribution in [0.2, 0.25) is 0 Å². The summed E-state index contributed by atoms with van der Waals surface area (Å²) in [7, 11) is 0. The molecule has 0 amide bonds. The molecule has 1 atom stereocenters. The zero-order chi connectivity index (χ0) is 12.4. The summed E-state index contributed by atoms with van der Waals surface area (Å²) in [6.45, 7) is 2.16. The van der Waals surface area contributed by atoms with Gasteiger partial charge in [-0.25, -0.2) is 0 Å². The smallest absolute Gasteiger partial charge is 0.152 e. The van der Waals surface area contributed by atoms with Crippen molar-refractivity contribution in [3.63, 3.8) is 0 Å². The van der Waals surface area contributed by atoms with Crippen LogP contribution in [-0.2, 0) is 5.60 Å². The van der Waals surface area contributed by atoms with Gasteiger partial charge in [-0.1, -0.05) is 61.5 Å². The maximum absolute atomic E-state index is 6.27. The summed E-state index contributed by atoms with van der Waals surface area (Å²) in [5, 5.41) is 0. The van der Waals surface area contributed by atoms with Gasteiger partial charge < -0.3 is 4.74 Å². The van der Waals surface area contributed by atoms with Crippen molar-refractivity contribution >= 4 is 6.08 Å². The van der Waals surface area contributed by atoms with Crippen LogP contribution in [0, 0.1) is 0 Å². The predicted molar refractivity (Wildman–Crippen MR) is 74.5 cm³/mol. The van der Waals surface area contributed by atoms with E-state index in [-0.39, 0.29) is 5.60 Å². The molecule has 0 aromatic heterocycles. The number of rotatable bonds is 2. The lowest BCUT2D eigenvalue weighted by Crippen LogP contribution is -2.31. The van der Waals surface area contributed by atoms with Crippen molar-refractivity contribution in [2.45, 2.75) is 18.9 Å². The molecule has 2 aromatic carbocycles. The van der Waals surface area contributed by atoms with Crippen LogP contribution in [0.3, 0.4) is 0 Å². The molecular formula is C17H16O. The average Bonchev–Trinajstić information content (AvgIpc) is 2.47. The van der Waals surface area contributed by atoms with E-state index in [2.05, 4.69) is 49.4 Å². The second kappa shape index (κ2) is 4.34. The van der Waals surface area contributed by atoms with Crippen LogP contribution >= 0.6 is 0 Å². The van der Waals surface area contributed by atoms with Crippen LogP contribution < -0.4 is 4.74 Å². The molecule has 1 heteroatoms. The number of para-hydroxylation sites is 1. The van der Waals surface area contributed by atoms with Crippen molar-refractivity contribution < 1.29 is 4.74 Å². The number of hydrogen-bond acceptors (Lipinski definition) is 1. The van der Waals surface area contributed by atoms with Gasteiger partial charge in [0, 0.05) is 5.56 Å². The van der Waals surface area contributed by atoms with Gasteiger partial charge >= 0.3 is 0 Å². The SMILES string of the molecule is CCC1(c2ccccc2)C=Cc2ccccc2O1. The van der Waals surface area contributed by atoms with Crippen molar-refractivity contribution in [3.05, 3.63) is 71.8 Å². The maximum Gasteiger partial charge on any atom is 0.152 e. The van der Waals surface area contributed by atoms with Gasteiger partial charge in [-0.15, -0.1) is 0 Å². The molecule has 2 aromatic rings. The van der Waals surface area contributed by atoms with Crippen LogP contribution in [0.15, 0.2) is 60.7 Å². The summed E-state index contributed by atoms with van der Waals surface area (Å²) >= 11 is 0. The fourth-order valence-corrected chi connectivity index (χ4v) is 2.44. The first-order chi connectivity index (χ1) is 8.84. The van der Waals surface area contributed by atoms with E-state index in [0.29, 0.717) is 0 Å². The molecule has 1 nitrogen and oxygen atoms in total. The number of ether oxygens (including phenoxy) is 1. The molecule has 0 saturated carbocycles. The van der Waals surface area contributed by atoms with E-state index in [9.17, 15) is 0 Å². The average molecular weight is 236 g/mol. The fraction of sp³-hybridized carbons (Fsp3) is 0.176. The minimum Gasteiger partial charge on any atom is -0.478 e. The summed E-state index contributed by atoms with van der Waals surface area (Å²) in [5.41, 5.74) is 2.03. The van der Waals surface area contributed by atoms with E-state index in [1.165, 1.54) is 5.56 Å². The standard InChI is InChI=1S/C17H16O/c1-2-17(15-9-4-3-5-10-15)13-12-14-8-6-7-11-16(14)18-17/h3-13H,2H2,1H3. The Labute approximate surface area is 108 Å². The predicted octanol–water partition coefficient (Wildman–Crippen LogP) is 4.40. The lowest BCUT2D eigenvalue weighted by molar-refractivity contribution is 0.112. The third-order valence-electron chi connectivity index (χ3n) is 3.53. The molecule has 1 unspecified atom stereocenters. The summed E-state index contributed by atoms with van der Waals surface area (Å²) in [6.07, 6.45) is 5.25. The third-order valence-corrected chi connectivity index (χ3v) is 3.53. The van der Waals surface area contributed by atoms with Gasteiger partial charge in [0.05, 0.1) is 0 Å². The molecule has 0 bridgehead atoms. The van der Waals surface area contributed by atoms with Crippen molar-refractivity contribution in [2.75, 3.05) is 0 Å². The van der Waals surface area contributed by atoms with E-state index < -0.39 is 0 Å². The Morgan fingerprint density at radius 1 is 0.944 bits per heavy atom. The number of hydrogen-bond donors (Lipinski definition) is 0. The Morgan fingerprint density at radius 2 is 1.67 bits per heavy atom. The molecule has 0 fully saturated rings. The van der Waals surface area contributed by atoms with Crippen LogP contribution in [-0.4, -0.2) is 0 Å². The molecule has 90 valence electrons. The van der Waals surface area contributed by atoms with E-state index in [1.807, 2.05) is 24.3 Å². The Hall–Kier alpha value is -2.02. The number of benzene rings is 2. The minimum atomic E-state index is -0.324. The van der Waals surface area contributed by atoms with Gasteiger partial charge in [0.15, 0.2) is 5.60 Å². The van der Waals surface area contributed by atoms with Crippen LogP contribution in [0.25, 0.3) is 6.08 Å². The van der Waals surface area contributed by atoms with E-state index in [0.717, 1.165) is 17.7 Å². The van der Waals surface area contributed by atoms with Crippen molar-refractivity contribution in [1.82, 2.24) is 0 Å². The second-order valence-corrected chi connectivity index (χ2v) is 4.58. The Morgan fingerprint density at radius 3 is 2.44 bits per heavy atom. The highest BCUT2D eigenvalue weighted by Gasteiger charge is 2.32. The lowest BCUT2D eigenvalue weighted by atomic mass is 9.88. The molecule has 0 spiro atoms.